The average molecular weight is 415 g/mol. The number of rotatable bonds is 4. The molecule has 2 aliphatic heterocycles. The lowest BCUT2D eigenvalue weighted by Gasteiger charge is -2.35. The molecule has 5 nitrogen and oxygen atoms in total. The Labute approximate surface area is 176 Å². The van der Waals surface area contributed by atoms with Crippen LogP contribution >= 0.6 is 11.6 Å². The van der Waals surface area contributed by atoms with Gasteiger partial charge in [0, 0.05) is 23.7 Å². The molecule has 1 fully saturated rings. The molecule has 0 spiro atoms. The van der Waals surface area contributed by atoms with Gasteiger partial charge in [0.2, 0.25) is 0 Å². The van der Waals surface area contributed by atoms with Crippen molar-refractivity contribution >= 4 is 17.5 Å². The molecule has 1 amide bonds. The van der Waals surface area contributed by atoms with E-state index in [1.807, 2.05) is 19.9 Å². The number of H-pyrrole nitrogens is 1. The summed E-state index contributed by atoms with van der Waals surface area (Å²) in [5.41, 5.74) is 6.02. The van der Waals surface area contributed by atoms with Crippen LogP contribution in [-0.4, -0.2) is 35.5 Å². The Balaban J connectivity index is 1.70. The largest absolute Gasteiger partial charge is 0.381 e. The van der Waals surface area contributed by atoms with Gasteiger partial charge in [0.1, 0.15) is 0 Å². The predicted octanol–water partition coefficient (Wildman–Crippen LogP) is 3.90. The first-order valence-corrected chi connectivity index (χ1v) is 10.5. The van der Waals surface area contributed by atoms with Crippen LogP contribution in [0.2, 0.25) is 5.02 Å². The van der Waals surface area contributed by atoms with E-state index in [0.717, 1.165) is 47.6 Å². The molecule has 0 saturated carbocycles. The van der Waals surface area contributed by atoms with Gasteiger partial charge in [-0.3, -0.25) is 9.59 Å². The highest BCUT2D eigenvalue weighted by Gasteiger charge is 2.34. The molecule has 0 radical (unpaired) electrons. The molecule has 1 saturated heterocycles. The van der Waals surface area contributed by atoms with Gasteiger partial charge in [0.25, 0.3) is 11.5 Å². The number of ether oxygens (including phenoxy) is 1. The van der Waals surface area contributed by atoms with Crippen molar-refractivity contribution in [2.45, 2.75) is 46.6 Å². The van der Waals surface area contributed by atoms with Crippen LogP contribution in [-0.2, 0) is 17.7 Å². The van der Waals surface area contributed by atoms with Crippen molar-refractivity contribution in [1.29, 1.82) is 0 Å². The van der Waals surface area contributed by atoms with Crippen molar-refractivity contribution in [3.8, 4) is 0 Å². The Hall–Kier alpha value is -2.11. The van der Waals surface area contributed by atoms with Gasteiger partial charge in [-0.15, -0.1) is 0 Å². The maximum absolute atomic E-state index is 13.4. The minimum absolute atomic E-state index is 0.0855. The molecule has 2 aromatic rings. The van der Waals surface area contributed by atoms with E-state index in [-0.39, 0.29) is 17.4 Å². The summed E-state index contributed by atoms with van der Waals surface area (Å²) >= 11 is 6.81. The molecular formula is C23H27ClN2O3. The SMILES string of the molecule is Cc1cc(C)c(CN2CCc3c(C)cc(C(C)C4COC4)c(Cl)c3C2=O)c(=O)[nH]1. The smallest absolute Gasteiger partial charge is 0.255 e. The first-order valence-electron chi connectivity index (χ1n) is 10.2. The van der Waals surface area contributed by atoms with Crippen molar-refractivity contribution in [1.82, 2.24) is 9.88 Å². The highest BCUT2D eigenvalue weighted by atomic mass is 35.5. The van der Waals surface area contributed by atoms with E-state index in [4.69, 9.17) is 16.3 Å². The van der Waals surface area contributed by atoms with Crippen LogP contribution < -0.4 is 5.56 Å². The number of amides is 1. The average Bonchev–Trinajstić information content (AvgIpc) is 2.60. The number of aryl methyl sites for hydroxylation is 3. The number of halogens is 1. The van der Waals surface area contributed by atoms with Crippen LogP contribution in [0.1, 0.15) is 56.7 Å². The fourth-order valence-corrected chi connectivity index (χ4v) is 4.88. The van der Waals surface area contributed by atoms with Gasteiger partial charge in [-0.2, -0.15) is 0 Å². The Kier molecular flexibility index (Phi) is 5.30. The number of aromatic nitrogens is 1. The molecule has 1 N–H and O–H groups in total. The summed E-state index contributed by atoms with van der Waals surface area (Å²) in [5.74, 6) is 0.594. The topological polar surface area (TPSA) is 62.4 Å². The van der Waals surface area contributed by atoms with Crippen molar-refractivity contribution in [2.75, 3.05) is 19.8 Å². The summed E-state index contributed by atoms with van der Waals surface area (Å²) in [4.78, 5) is 30.4. The van der Waals surface area contributed by atoms with Crippen molar-refractivity contribution in [3.05, 3.63) is 66.6 Å². The van der Waals surface area contributed by atoms with Gasteiger partial charge in [-0.25, -0.2) is 0 Å². The molecule has 3 heterocycles. The number of fused-ring (bicyclic) bond motifs is 1. The normalized spacial score (nSPS) is 17.8. The summed E-state index contributed by atoms with van der Waals surface area (Å²) in [6, 6.07) is 4.08. The van der Waals surface area contributed by atoms with Crippen LogP contribution in [0.25, 0.3) is 0 Å². The second kappa shape index (κ2) is 7.62. The molecule has 0 aliphatic carbocycles. The summed E-state index contributed by atoms with van der Waals surface area (Å²) in [5, 5.41) is 0.564. The zero-order valence-electron chi connectivity index (χ0n) is 17.4. The minimum atomic E-state index is -0.129. The van der Waals surface area contributed by atoms with Crippen LogP contribution in [0.4, 0.5) is 0 Å². The number of carbonyl (C=O) groups is 1. The quantitative estimate of drug-likeness (QED) is 0.825. The maximum Gasteiger partial charge on any atom is 0.255 e. The zero-order chi connectivity index (χ0) is 20.9. The second-order valence-corrected chi connectivity index (χ2v) is 8.83. The maximum atomic E-state index is 13.4. The van der Waals surface area contributed by atoms with Crippen molar-refractivity contribution in [3.63, 3.8) is 0 Å². The minimum Gasteiger partial charge on any atom is -0.381 e. The highest BCUT2D eigenvalue weighted by Crippen LogP contribution is 2.39. The van der Waals surface area contributed by atoms with E-state index in [2.05, 4.69) is 24.9 Å². The van der Waals surface area contributed by atoms with Crippen molar-refractivity contribution in [2.24, 2.45) is 5.92 Å². The van der Waals surface area contributed by atoms with Crippen molar-refractivity contribution < 1.29 is 9.53 Å². The third-order valence-electron chi connectivity index (χ3n) is 6.46. The Morgan fingerprint density at radius 1 is 1.21 bits per heavy atom. The van der Waals surface area contributed by atoms with E-state index < -0.39 is 0 Å². The lowest BCUT2D eigenvalue weighted by atomic mass is 9.82. The van der Waals surface area contributed by atoms with Gasteiger partial charge in [0.15, 0.2) is 0 Å². The zero-order valence-corrected chi connectivity index (χ0v) is 18.2. The summed E-state index contributed by atoms with van der Waals surface area (Å²) < 4.78 is 5.34. The lowest BCUT2D eigenvalue weighted by molar-refractivity contribution is -0.0423. The van der Waals surface area contributed by atoms with E-state index >= 15 is 0 Å². The standard InChI is InChI=1S/C23H27ClN2O3/c1-12-7-14(3)25-22(27)19(12)9-26-6-5-17-13(2)8-18(15(4)16-10-29-11-16)21(24)20(17)23(26)28/h7-8,15-16H,5-6,9-11H2,1-4H3,(H,25,27). The number of nitrogens with zero attached hydrogens (tertiary/aromatic N) is 1. The number of hydrogen-bond donors (Lipinski definition) is 1. The van der Waals surface area contributed by atoms with Gasteiger partial charge in [-0.05, 0) is 61.4 Å². The lowest BCUT2D eigenvalue weighted by Crippen LogP contribution is -2.39. The van der Waals surface area contributed by atoms with E-state index in [0.29, 0.717) is 35.2 Å². The monoisotopic (exact) mass is 414 g/mol. The molecule has 4 rings (SSSR count). The molecule has 1 aromatic heterocycles. The number of aromatic amines is 1. The van der Waals surface area contributed by atoms with Crippen LogP contribution in [0, 0.1) is 26.7 Å². The highest BCUT2D eigenvalue weighted by molar-refractivity contribution is 6.35. The third-order valence-corrected chi connectivity index (χ3v) is 6.87. The van der Waals surface area contributed by atoms with Crippen LogP contribution in [0.15, 0.2) is 16.9 Å². The Bertz CT molecular complexity index is 1040. The number of nitrogens with one attached hydrogen (secondary N) is 1. The second-order valence-electron chi connectivity index (χ2n) is 8.46. The molecule has 154 valence electrons. The Morgan fingerprint density at radius 3 is 2.55 bits per heavy atom. The number of pyridine rings is 1. The first kappa shape index (κ1) is 20.2. The molecule has 2 aliphatic rings. The Morgan fingerprint density at radius 2 is 1.93 bits per heavy atom. The number of benzene rings is 1. The third kappa shape index (κ3) is 3.51. The molecule has 29 heavy (non-hydrogen) atoms. The summed E-state index contributed by atoms with van der Waals surface area (Å²) in [6.07, 6.45) is 0.747. The number of carbonyl (C=O) groups excluding carboxylic acids is 1. The summed E-state index contributed by atoms with van der Waals surface area (Å²) in [6.45, 7) is 10.3. The molecule has 1 atom stereocenters. The molecule has 0 bridgehead atoms. The van der Waals surface area contributed by atoms with Crippen LogP contribution in [0.5, 0.6) is 0 Å². The van der Waals surface area contributed by atoms with E-state index in [9.17, 15) is 9.59 Å². The van der Waals surface area contributed by atoms with Gasteiger partial charge in [0.05, 0.1) is 30.3 Å². The number of hydrogen-bond acceptors (Lipinski definition) is 3. The van der Waals surface area contributed by atoms with Gasteiger partial charge >= 0.3 is 0 Å². The van der Waals surface area contributed by atoms with E-state index in [1.54, 1.807) is 4.90 Å². The first-order chi connectivity index (χ1) is 13.8. The van der Waals surface area contributed by atoms with Crippen LogP contribution in [0.3, 0.4) is 0 Å². The summed E-state index contributed by atoms with van der Waals surface area (Å²) in [7, 11) is 0. The predicted molar refractivity (Wildman–Crippen MR) is 114 cm³/mol. The fourth-order valence-electron chi connectivity index (χ4n) is 4.46. The molecule has 6 heteroatoms. The molecular weight excluding hydrogens is 388 g/mol. The fraction of sp³-hybridized carbons (Fsp3) is 0.478. The molecule has 1 unspecified atom stereocenters. The van der Waals surface area contributed by atoms with Gasteiger partial charge < -0.3 is 14.6 Å². The molecule has 1 aromatic carbocycles. The van der Waals surface area contributed by atoms with E-state index in [1.165, 1.54) is 0 Å². The van der Waals surface area contributed by atoms with Gasteiger partial charge in [-0.1, -0.05) is 24.6 Å².